The lowest BCUT2D eigenvalue weighted by Crippen LogP contribution is -2.15. The maximum atomic E-state index is 7.07. The molecule has 1 unspecified atom stereocenters. The van der Waals surface area contributed by atoms with E-state index in [0.29, 0.717) is 0 Å². The fourth-order valence-corrected chi connectivity index (χ4v) is 10.6. The third-order valence-electron chi connectivity index (χ3n) is 14.2. The summed E-state index contributed by atoms with van der Waals surface area (Å²) >= 11 is 0. The van der Waals surface area contributed by atoms with Crippen molar-refractivity contribution in [3.63, 3.8) is 0 Å². The molecule has 0 amide bonds. The Morgan fingerprint density at radius 3 is 1.69 bits per heavy atom. The van der Waals surface area contributed by atoms with Crippen LogP contribution in [0.2, 0.25) is 0 Å². The molecule has 0 fully saturated rings. The Kier molecular flexibility index (Phi) is 10.1. The normalized spacial score (nSPS) is 14.4. The topological polar surface area (TPSA) is 25.5 Å². The lowest BCUT2D eigenvalue weighted by molar-refractivity contribution is 0.658. The van der Waals surface area contributed by atoms with E-state index in [2.05, 4.69) is 244 Å². The van der Waals surface area contributed by atoms with Gasteiger partial charge in [0.15, 0.2) is 0 Å². The molecular formula is C65H49NO. The van der Waals surface area contributed by atoms with Crippen LogP contribution in [0.15, 0.2) is 240 Å². The van der Waals surface area contributed by atoms with Gasteiger partial charge in [0.2, 0.25) is 0 Å². The Morgan fingerprint density at radius 2 is 1.00 bits per heavy atom. The van der Waals surface area contributed by atoms with Gasteiger partial charge in [0.05, 0.1) is 11.4 Å². The Bertz CT molecular complexity index is 3550. The molecule has 1 atom stereocenters. The molecule has 2 aliphatic rings. The minimum absolute atomic E-state index is 0.0536. The van der Waals surface area contributed by atoms with E-state index in [1.54, 1.807) is 0 Å². The number of rotatable bonds is 9. The third kappa shape index (κ3) is 7.36. The number of hydrogen-bond acceptors (Lipinski definition) is 2. The molecule has 2 heteroatoms. The summed E-state index contributed by atoms with van der Waals surface area (Å²) in [4.78, 5) is 5.39. The van der Waals surface area contributed by atoms with Crippen molar-refractivity contribution in [2.75, 3.05) is 0 Å². The zero-order valence-corrected chi connectivity index (χ0v) is 37.8. The molecule has 320 valence electrons. The third-order valence-corrected chi connectivity index (χ3v) is 14.2. The van der Waals surface area contributed by atoms with Crippen molar-refractivity contribution in [1.82, 2.24) is 0 Å². The first-order valence-electron chi connectivity index (χ1n) is 23.5. The second-order valence-electron chi connectivity index (χ2n) is 18.6. The van der Waals surface area contributed by atoms with Crippen LogP contribution < -0.4 is 0 Å². The van der Waals surface area contributed by atoms with Gasteiger partial charge in [-0.15, -0.1) is 0 Å². The van der Waals surface area contributed by atoms with Gasteiger partial charge in [0.25, 0.3) is 0 Å². The first kappa shape index (κ1) is 40.4. The second-order valence-corrected chi connectivity index (χ2v) is 18.6. The van der Waals surface area contributed by atoms with Gasteiger partial charge in [-0.1, -0.05) is 232 Å². The summed E-state index contributed by atoms with van der Waals surface area (Å²) in [6.07, 6.45) is 6.13. The number of nitrogens with zero attached hydrogens (tertiary/aromatic N) is 1. The van der Waals surface area contributed by atoms with Crippen molar-refractivity contribution < 1.29 is 4.42 Å². The van der Waals surface area contributed by atoms with E-state index >= 15 is 0 Å². The zero-order chi connectivity index (χ0) is 44.9. The molecule has 9 aromatic carbocycles. The van der Waals surface area contributed by atoms with Crippen LogP contribution in [0, 0.1) is 0 Å². The van der Waals surface area contributed by atoms with E-state index < -0.39 is 0 Å². The van der Waals surface area contributed by atoms with Crippen LogP contribution in [0.3, 0.4) is 0 Å². The van der Waals surface area contributed by atoms with Crippen LogP contribution in [0.4, 0.5) is 0 Å². The first-order valence-corrected chi connectivity index (χ1v) is 23.5. The highest BCUT2D eigenvalue weighted by Gasteiger charge is 2.35. The van der Waals surface area contributed by atoms with Crippen LogP contribution in [-0.2, 0) is 11.8 Å². The van der Waals surface area contributed by atoms with Crippen LogP contribution >= 0.6 is 0 Å². The average Bonchev–Trinajstić information content (AvgIpc) is 3.77. The number of hydrogen-bond donors (Lipinski definition) is 0. The van der Waals surface area contributed by atoms with E-state index in [1.807, 2.05) is 0 Å². The van der Waals surface area contributed by atoms with Crippen LogP contribution in [-0.4, -0.2) is 5.71 Å². The quantitative estimate of drug-likeness (QED) is 0.142. The van der Waals surface area contributed by atoms with Gasteiger partial charge in [-0.25, -0.2) is 0 Å². The predicted octanol–water partition coefficient (Wildman–Crippen LogP) is 16.9. The van der Waals surface area contributed by atoms with E-state index in [4.69, 9.17) is 9.41 Å². The molecule has 0 radical (unpaired) electrons. The number of aliphatic imine (C=N–C) groups is 1. The largest absolute Gasteiger partial charge is 0.455 e. The molecule has 0 N–H and O–H groups in total. The van der Waals surface area contributed by atoms with Crippen LogP contribution in [0.5, 0.6) is 0 Å². The van der Waals surface area contributed by atoms with Gasteiger partial charge >= 0.3 is 0 Å². The van der Waals surface area contributed by atoms with Gasteiger partial charge in [0.1, 0.15) is 11.2 Å². The molecule has 0 saturated heterocycles. The number of benzene rings is 9. The maximum Gasteiger partial charge on any atom is 0.144 e. The SMILES string of the molecule is CC1(C)c2ccccc2-c2ccc(CC(c3ccc(-c4ccccc4)cc3)c3ccc(-c4cccc5c4oc4c(C6=CC(c7ccccc7)=CCC(c7ccccc7)=N6)cccc45)cc3)cc21. The van der Waals surface area contributed by atoms with E-state index in [-0.39, 0.29) is 11.3 Å². The van der Waals surface area contributed by atoms with Gasteiger partial charge in [0, 0.05) is 39.7 Å². The highest BCUT2D eigenvalue weighted by Crippen LogP contribution is 2.49. The van der Waals surface area contributed by atoms with Crippen LogP contribution in [0.25, 0.3) is 66.6 Å². The maximum absolute atomic E-state index is 7.07. The summed E-state index contributed by atoms with van der Waals surface area (Å²) in [5, 5.41) is 2.18. The summed E-state index contributed by atoms with van der Waals surface area (Å²) in [5.41, 5.74) is 22.1. The van der Waals surface area contributed by atoms with E-state index in [0.717, 1.165) is 74.0 Å². The standard InChI is InChI=1S/C65H49NO/c1-65(2)59-27-13-12-22-53(59)54-38-28-43(41-60(54)65)40-58(48-31-29-46(30-32-48)44-16-6-3-7-17-44)49-35-33-47(34-36-49)52-23-14-24-55-56-25-15-26-57(64(56)67-63(52)55)62-42-51(45-18-8-4-9-19-45)37-39-61(66-62)50-20-10-5-11-21-50/h3-38,41-42,58H,39-40H2,1-2H3. The molecular weight excluding hydrogens is 811 g/mol. The van der Waals surface area contributed by atoms with E-state index in [1.165, 1.54) is 55.6 Å². The molecule has 12 rings (SSSR count). The summed E-state index contributed by atoms with van der Waals surface area (Å²) in [7, 11) is 0. The molecule has 67 heavy (non-hydrogen) atoms. The highest BCUT2D eigenvalue weighted by molar-refractivity contribution is 6.14. The summed E-state index contributed by atoms with van der Waals surface area (Å²) < 4.78 is 7.07. The van der Waals surface area contributed by atoms with Crippen molar-refractivity contribution in [3.05, 3.63) is 275 Å². The monoisotopic (exact) mass is 859 g/mol. The minimum Gasteiger partial charge on any atom is -0.455 e. The zero-order valence-electron chi connectivity index (χ0n) is 37.8. The van der Waals surface area contributed by atoms with Crippen molar-refractivity contribution in [2.45, 2.75) is 38.0 Å². The predicted molar refractivity (Wildman–Crippen MR) is 281 cm³/mol. The molecule has 0 spiro atoms. The smallest absolute Gasteiger partial charge is 0.144 e. The molecule has 0 bridgehead atoms. The Hall–Kier alpha value is -8.07. The van der Waals surface area contributed by atoms with Crippen molar-refractivity contribution in [1.29, 1.82) is 0 Å². The summed E-state index contributed by atoms with van der Waals surface area (Å²) in [6.45, 7) is 4.74. The fourth-order valence-electron chi connectivity index (χ4n) is 10.6. The second kappa shape index (κ2) is 16.7. The Morgan fingerprint density at radius 1 is 0.463 bits per heavy atom. The molecule has 1 aliphatic carbocycles. The number of furan rings is 1. The lowest BCUT2D eigenvalue weighted by Gasteiger charge is -2.23. The minimum atomic E-state index is -0.0536. The van der Waals surface area contributed by atoms with Crippen molar-refractivity contribution in [2.24, 2.45) is 4.99 Å². The van der Waals surface area contributed by atoms with Gasteiger partial charge in [-0.3, -0.25) is 4.99 Å². The lowest BCUT2D eigenvalue weighted by atomic mass is 9.80. The highest BCUT2D eigenvalue weighted by atomic mass is 16.3. The van der Waals surface area contributed by atoms with Gasteiger partial charge < -0.3 is 4.42 Å². The van der Waals surface area contributed by atoms with Crippen LogP contribution in [0.1, 0.15) is 70.7 Å². The average molecular weight is 860 g/mol. The van der Waals surface area contributed by atoms with Gasteiger partial charge in [-0.05, 0) is 90.9 Å². The fraction of sp³-hybridized carbons (Fsp3) is 0.0923. The first-order chi connectivity index (χ1) is 33.0. The molecule has 10 aromatic rings. The van der Waals surface area contributed by atoms with Gasteiger partial charge in [-0.2, -0.15) is 0 Å². The molecule has 1 aliphatic heterocycles. The van der Waals surface area contributed by atoms with Crippen molar-refractivity contribution in [3.8, 4) is 33.4 Å². The number of para-hydroxylation sites is 2. The molecule has 2 nitrogen and oxygen atoms in total. The Balaban J connectivity index is 0.926. The number of allylic oxidation sites excluding steroid dienone is 3. The van der Waals surface area contributed by atoms with Crippen molar-refractivity contribution >= 4 is 38.9 Å². The molecule has 0 saturated carbocycles. The molecule has 2 heterocycles. The van der Waals surface area contributed by atoms with E-state index in [9.17, 15) is 0 Å². The molecule has 1 aromatic heterocycles. The number of fused-ring (bicyclic) bond motifs is 6. The summed E-state index contributed by atoms with van der Waals surface area (Å²) in [6, 6.07) is 79.3. The summed E-state index contributed by atoms with van der Waals surface area (Å²) in [5.74, 6) is 0.150. The Labute approximate surface area is 393 Å².